The molecule has 1 aromatic carbocycles. The minimum absolute atomic E-state index is 0.165. The van der Waals surface area contributed by atoms with Crippen LogP contribution in [0.15, 0.2) is 29.6 Å². The molecule has 1 saturated heterocycles. The molecule has 1 fully saturated rings. The molecule has 26 heavy (non-hydrogen) atoms. The van der Waals surface area contributed by atoms with E-state index in [1.165, 1.54) is 11.3 Å². The number of aromatic nitrogens is 1. The first-order valence-corrected chi connectivity index (χ1v) is 9.56. The minimum Gasteiger partial charge on any atom is -0.494 e. The average molecular weight is 374 g/mol. The van der Waals surface area contributed by atoms with E-state index < -0.39 is 11.9 Å². The van der Waals surface area contributed by atoms with Crippen LogP contribution < -0.4 is 4.74 Å². The van der Waals surface area contributed by atoms with Crippen LogP contribution in [-0.4, -0.2) is 46.6 Å². The number of ether oxygens (including phenoxy) is 1. The topological polar surface area (TPSA) is 79.7 Å². The van der Waals surface area contributed by atoms with Crippen LogP contribution in [0, 0.1) is 11.8 Å². The summed E-state index contributed by atoms with van der Waals surface area (Å²) in [5, 5.41) is 11.8. The lowest BCUT2D eigenvalue weighted by atomic mass is 9.90. The lowest BCUT2D eigenvalue weighted by molar-refractivity contribution is -0.143. The standard InChI is InChI=1S/C19H22N2O4S/c1-3-25-15-6-4-13(5-7-15)17-20-16(11-26-17)18(22)21-9-12(2)8-14(10-21)19(23)24/h4-7,11-12,14H,3,8-10H2,1-2H3,(H,23,24). The number of likely N-dealkylation sites (tertiary alicyclic amines) is 1. The molecular formula is C19H22N2O4S. The van der Waals surface area contributed by atoms with Crippen molar-refractivity contribution in [3.63, 3.8) is 0 Å². The number of carbonyl (C=O) groups excluding carboxylic acids is 1. The molecular weight excluding hydrogens is 352 g/mol. The molecule has 2 heterocycles. The zero-order chi connectivity index (χ0) is 18.7. The predicted octanol–water partition coefficient (Wildman–Crippen LogP) is 3.39. The predicted molar refractivity (Wildman–Crippen MR) is 99.5 cm³/mol. The summed E-state index contributed by atoms with van der Waals surface area (Å²) in [6, 6.07) is 7.60. The van der Waals surface area contributed by atoms with Gasteiger partial charge in [-0.15, -0.1) is 11.3 Å². The van der Waals surface area contributed by atoms with E-state index in [1.807, 2.05) is 38.1 Å². The Labute approximate surface area is 156 Å². The van der Waals surface area contributed by atoms with E-state index in [-0.39, 0.29) is 18.4 Å². The maximum atomic E-state index is 12.8. The molecule has 1 aliphatic heterocycles. The largest absolute Gasteiger partial charge is 0.494 e. The second kappa shape index (κ2) is 7.86. The maximum Gasteiger partial charge on any atom is 0.308 e. The lowest BCUT2D eigenvalue weighted by Gasteiger charge is -2.34. The van der Waals surface area contributed by atoms with Crippen molar-refractivity contribution in [2.45, 2.75) is 20.3 Å². The van der Waals surface area contributed by atoms with Crippen LogP contribution in [-0.2, 0) is 4.79 Å². The van der Waals surface area contributed by atoms with Gasteiger partial charge in [0, 0.05) is 24.0 Å². The molecule has 7 heteroatoms. The molecule has 0 bridgehead atoms. The second-order valence-corrected chi connectivity index (χ2v) is 7.44. The van der Waals surface area contributed by atoms with E-state index in [9.17, 15) is 14.7 Å². The molecule has 1 aliphatic rings. The highest BCUT2D eigenvalue weighted by Crippen LogP contribution is 2.28. The van der Waals surface area contributed by atoms with Gasteiger partial charge in [0.1, 0.15) is 16.5 Å². The van der Waals surface area contributed by atoms with E-state index in [2.05, 4.69) is 4.98 Å². The van der Waals surface area contributed by atoms with Gasteiger partial charge in [-0.2, -0.15) is 0 Å². The summed E-state index contributed by atoms with van der Waals surface area (Å²) in [4.78, 5) is 30.1. The van der Waals surface area contributed by atoms with E-state index in [1.54, 1.807) is 10.3 Å². The van der Waals surface area contributed by atoms with Gasteiger partial charge in [-0.05, 0) is 43.5 Å². The van der Waals surface area contributed by atoms with Crippen molar-refractivity contribution in [3.8, 4) is 16.3 Å². The number of amides is 1. The number of rotatable bonds is 5. The van der Waals surface area contributed by atoms with Crippen molar-refractivity contribution in [1.29, 1.82) is 0 Å². The van der Waals surface area contributed by atoms with Gasteiger partial charge in [0.25, 0.3) is 5.91 Å². The van der Waals surface area contributed by atoms with Crippen LogP contribution >= 0.6 is 11.3 Å². The molecule has 1 N–H and O–H groups in total. The van der Waals surface area contributed by atoms with Gasteiger partial charge in [-0.1, -0.05) is 6.92 Å². The highest BCUT2D eigenvalue weighted by atomic mass is 32.1. The fourth-order valence-corrected chi connectivity index (χ4v) is 4.02. The molecule has 0 saturated carbocycles. The second-order valence-electron chi connectivity index (χ2n) is 6.58. The zero-order valence-corrected chi connectivity index (χ0v) is 15.7. The number of aliphatic carboxylic acids is 1. The third-order valence-electron chi connectivity index (χ3n) is 4.43. The molecule has 1 amide bonds. The number of piperidine rings is 1. The first-order valence-electron chi connectivity index (χ1n) is 8.68. The van der Waals surface area contributed by atoms with Crippen LogP contribution in [0.4, 0.5) is 0 Å². The average Bonchev–Trinajstić information content (AvgIpc) is 3.11. The van der Waals surface area contributed by atoms with Crippen molar-refractivity contribution in [2.75, 3.05) is 19.7 Å². The number of carbonyl (C=O) groups is 2. The van der Waals surface area contributed by atoms with E-state index >= 15 is 0 Å². The third kappa shape index (κ3) is 4.04. The molecule has 138 valence electrons. The molecule has 2 unspecified atom stereocenters. The number of hydrogen-bond donors (Lipinski definition) is 1. The Balaban J connectivity index is 1.74. The van der Waals surface area contributed by atoms with Gasteiger partial charge in [0.2, 0.25) is 0 Å². The monoisotopic (exact) mass is 374 g/mol. The molecule has 0 aliphatic carbocycles. The van der Waals surface area contributed by atoms with Gasteiger partial charge < -0.3 is 14.7 Å². The highest BCUT2D eigenvalue weighted by Gasteiger charge is 2.33. The third-order valence-corrected chi connectivity index (χ3v) is 5.32. The van der Waals surface area contributed by atoms with E-state index in [0.29, 0.717) is 25.3 Å². The number of carboxylic acid groups (broad SMARTS) is 1. The van der Waals surface area contributed by atoms with Gasteiger partial charge in [0.15, 0.2) is 0 Å². The Morgan fingerprint density at radius 3 is 2.69 bits per heavy atom. The molecule has 0 spiro atoms. The SMILES string of the molecule is CCOc1ccc(-c2nc(C(=O)N3CC(C)CC(C(=O)O)C3)cs2)cc1. The molecule has 0 radical (unpaired) electrons. The smallest absolute Gasteiger partial charge is 0.308 e. The van der Waals surface area contributed by atoms with Crippen molar-refractivity contribution >= 4 is 23.2 Å². The van der Waals surface area contributed by atoms with Crippen LogP contribution in [0.25, 0.3) is 10.6 Å². The van der Waals surface area contributed by atoms with Crippen molar-refractivity contribution < 1.29 is 19.4 Å². The lowest BCUT2D eigenvalue weighted by Crippen LogP contribution is -2.45. The van der Waals surface area contributed by atoms with Crippen LogP contribution in [0.2, 0.25) is 0 Å². The number of nitrogens with zero attached hydrogens (tertiary/aromatic N) is 2. The number of hydrogen-bond acceptors (Lipinski definition) is 5. The maximum absolute atomic E-state index is 12.8. The zero-order valence-electron chi connectivity index (χ0n) is 14.8. The summed E-state index contributed by atoms with van der Waals surface area (Å²) in [5.41, 5.74) is 1.30. The fourth-order valence-electron chi connectivity index (χ4n) is 3.22. The summed E-state index contributed by atoms with van der Waals surface area (Å²) < 4.78 is 5.43. The van der Waals surface area contributed by atoms with E-state index in [4.69, 9.17) is 4.74 Å². The normalized spacial score (nSPS) is 20.0. The Hall–Kier alpha value is -2.41. The van der Waals surface area contributed by atoms with Crippen LogP contribution in [0.1, 0.15) is 30.8 Å². The van der Waals surface area contributed by atoms with Gasteiger partial charge in [-0.25, -0.2) is 4.98 Å². The molecule has 6 nitrogen and oxygen atoms in total. The Kier molecular flexibility index (Phi) is 5.56. The van der Waals surface area contributed by atoms with Crippen molar-refractivity contribution in [1.82, 2.24) is 9.88 Å². The number of carboxylic acids is 1. The van der Waals surface area contributed by atoms with Crippen molar-refractivity contribution in [2.24, 2.45) is 11.8 Å². The van der Waals surface area contributed by atoms with Crippen LogP contribution in [0.5, 0.6) is 5.75 Å². The summed E-state index contributed by atoms with van der Waals surface area (Å²) >= 11 is 1.41. The van der Waals surface area contributed by atoms with Gasteiger partial charge >= 0.3 is 5.97 Å². The highest BCUT2D eigenvalue weighted by molar-refractivity contribution is 7.13. The fraction of sp³-hybridized carbons (Fsp3) is 0.421. The van der Waals surface area contributed by atoms with E-state index in [0.717, 1.165) is 16.3 Å². The molecule has 2 atom stereocenters. The van der Waals surface area contributed by atoms with Crippen LogP contribution in [0.3, 0.4) is 0 Å². The number of thiazole rings is 1. The quantitative estimate of drug-likeness (QED) is 0.868. The molecule has 1 aromatic heterocycles. The Bertz CT molecular complexity index is 787. The number of benzene rings is 1. The summed E-state index contributed by atoms with van der Waals surface area (Å²) in [5.74, 6) is -0.588. The molecule has 2 aromatic rings. The Morgan fingerprint density at radius 1 is 1.31 bits per heavy atom. The summed E-state index contributed by atoms with van der Waals surface area (Å²) in [7, 11) is 0. The first-order chi connectivity index (χ1) is 12.5. The Morgan fingerprint density at radius 2 is 2.04 bits per heavy atom. The summed E-state index contributed by atoms with van der Waals surface area (Å²) in [6.07, 6.45) is 0.605. The molecule has 3 rings (SSSR count). The van der Waals surface area contributed by atoms with Gasteiger partial charge in [0.05, 0.1) is 12.5 Å². The van der Waals surface area contributed by atoms with Gasteiger partial charge in [-0.3, -0.25) is 9.59 Å². The first kappa shape index (κ1) is 18.4. The van der Waals surface area contributed by atoms with Crippen molar-refractivity contribution in [3.05, 3.63) is 35.3 Å². The minimum atomic E-state index is -0.845. The summed E-state index contributed by atoms with van der Waals surface area (Å²) in [6.45, 7) is 5.33.